The van der Waals surface area contributed by atoms with E-state index in [0.29, 0.717) is 17.9 Å². The van der Waals surface area contributed by atoms with E-state index >= 15 is 0 Å². The van der Waals surface area contributed by atoms with Crippen LogP contribution in [-0.4, -0.2) is 20.5 Å². The fraction of sp³-hybridized carbons (Fsp3) is 0.417. The summed E-state index contributed by atoms with van der Waals surface area (Å²) < 4.78 is 10.3. The highest BCUT2D eigenvalue weighted by molar-refractivity contribution is 5.52. The first kappa shape index (κ1) is 11.6. The summed E-state index contributed by atoms with van der Waals surface area (Å²) in [5, 5.41) is 0. The van der Waals surface area contributed by atoms with Crippen LogP contribution in [0.15, 0.2) is 18.2 Å². The Kier molecular flexibility index (Phi) is 4.16. The first-order valence-corrected chi connectivity index (χ1v) is 4.88. The molecule has 0 spiro atoms. The minimum atomic E-state index is 0.210. The highest BCUT2D eigenvalue weighted by atomic mass is 16.5. The Morgan fingerprint density at radius 2 is 1.93 bits per heavy atom. The average Bonchev–Trinajstić information content (AvgIpc) is 2.28. The van der Waals surface area contributed by atoms with Crippen LogP contribution in [0.25, 0.3) is 0 Å². The Bertz CT molecular complexity index is 334. The van der Waals surface area contributed by atoms with E-state index in [-0.39, 0.29) is 5.92 Å². The third-order valence-corrected chi connectivity index (χ3v) is 2.43. The van der Waals surface area contributed by atoms with Crippen LogP contribution in [0.5, 0.6) is 11.5 Å². The molecule has 0 aliphatic heterocycles. The summed E-state index contributed by atoms with van der Waals surface area (Å²) in [7, 11) is 3.21. The lowest BCUT2D eigenvalue weighted by atomic mass is 9.98. The average molecular weight is 208 g/mol. The van der Waals surface area contributed by atoms with Gasteiger partial charge in [-0.25, -0.2) is 0 Å². The van der Waals surface area contributed by atoms with Gasteiger partial charge in [0.25, 0.3) is 0 Å². The lowest BCUT2D eigenvalue weighted by molar-refractivity contribution is -0.108. The van der Waals surface area contributed by atoms with Gasteiger partial charge in [0, 0.05) is 6.42 Å². The molecule has 3 nitrogen and oxygen atoms in total. The zero-order valence-corrected chi connectivity index (χ0v) is 9.32. The predicted octanol–water partition coefficient (Wildman–Crippen LogP) is 2.40. The molecule has 1 aromatic carbocycles. The number of methoxy groups -OCH3 is 2. The number of hydrogen-bond acceptors (Lipinski definition) is 3. The molecule has 1 unspecified atom stereocenters. The second-order valence-electron chi connectivity index (χ2n) is 3.42. The third-order valence-electron chi connectivity index (χ3n) is 2.43. The number of hydrogen-bond donors (Lipinski definition) is 0. The highest BCUT2D eigenvalue weighted by Crippen LogP contribution is 2.31. The summed E-state index contributed by atoms with van der Waals surface area (Å²) in [6, 6.07) is 5.72. The van der Waals surface area contributed by atoms with E-state index in [1.54, 1.807) is 14.2 Å². The molecule has 0 aliphatic rings. The Balaban J connectivity index is 2.96. The molecule has 1 atom stereocenters. The SMILES string of the molecule is COc1ccc(C(C)CC=O)cc1OC. The molecular formula is C12H16O3. The van der Waals surface area contributed by atoms with E-state index < -0.39 is 0 Å². The number of carbonyl (C=O) groups excluding carboxylic acids is 1. The van der Waals surface area contributed by atoms with Crippen LogP contribution in [-0.2, 0) is 4.79 Å². The van der Waals surface area contributed by atoms with Crippen molar-refractivity contribution in [2.45, 2.75) is 19.3 Å². The van der Waals surface area contributed by atoms with Crippen molar-refractivity contribution in [1.82, 2.24) is 0 Å². The van der Waals surface area contributed by atoms with Crippen molar-refractivity contribution in [2.75, 3.05) is 14.2 Å². The maximum atomic E-state index is 10.4. The molecule has 0 saturated heterocycles. The van der Waals surface area contributed by atoms with Crippen molar-refractivity contribution in [3.8, 4) is 11.5 Å². The fourth-order valence-corrected chi connectivity index (χ4v) is 1.44. The predicted molar refractivity (Wildman–Crippen MR) is 58.6 cm³/mol. The summed E-state index contributed by atoms with van der Waals surface area (Å²) in [4.78, 5) is 10.4. The monoisotopic (exact) mass is 208 g/mol. The van der Waals surface area contributed by atoms with Crippen molar-refractivity contribution in [2.24, 2.45) is 0 Å². The summed E-state index contributed by atoms with van der Waals surface area (Å²) in [5.41, 5.74) is 1.08. The number of rotatable bonds is 5. The quantitative estimate of drug-likeness (QED) is 0.697. The first-order chi connectivity index (χ1) is 7.22. The first-order valence-electron chi connectivity index (χ1n) is 4.88. The molecule has 0 amide bonds. The largest absolute Gasteiger partial charge is 0.493 e. The van der Waals surface area contributed by atoms with Crippen LogP contribution >= 0.6 is 0 Å². The molecule has 0 saturated carbocycles. The maximum Gasteiger partial charge on any atom is 0.160 e. The normalized spacial score (nSPS) is 11.9. The Morgan fingerprint density at radius 1 is 1.27 bits per heavy atom. The van der Waals surface area contributed by atoms with Crippen LogP contribution in [0.1, 0.15) is 24.8 Å². The minimum Gasteiger partial charge on any atom is -0.493 e. The van der Waals surface area contributed by atoms with Gasteiger partial charge >= 0.3 is 0 Å². The van der Waals surface area contributed by atoms with Gasteiger partial charge in [-0.3, -0.25) is 0 Å². The lowest BCUT2D eigenvalue weighted by Gasteiger charge is -2.12. The van der Waals surface area contributed by atoms with Gasteiger partial charge in [-0.2, -0.15) is 0 Å². The van der Waals surface area contributed by atoms with Crippen LogP contribution < -0.4 is 9.47 Å². The molecule has 1 aromatic rings. The molecule has 0 radical (unpaired) electrons. The lowest BCUT2D eigenvalue weighted by Crippen LogP contribution is -1.97. The zero-order valence-electron chi connectivity index (χ0n) is 9.32. The van der Waals surface area contributed by atoms with Gasteiger partial charge < -0.3 is 14.3 Å². The molecule has 0 N–H and O–H groups in total. The van der Waals surface area contributed by atoms with Crippen molar-refractivity contribution >= 4 is 6.29 Å². The van der Waals surface area contributed by atoms with Crippen LogP contribution in [0.4, 0.5) is 0 Å². The summed E-state index contributed by atoms with van der Waals surface area (Å²) in [6.07, 6.45) is 1.46. The Morgan fingerprint density at radius 3 is 2.47 bits per heavy atom. The van der Waals surface area contributed by atoms with E-state index in [4.69, 9.17) is 9.47 Å². The molecule has 0 heterocycles. The van der Waals surface area contributed by atoms with Gasteiger partial charge in [0.05, 0.1) is 14.2 Å². The molecule has 1 rings (SSSR count). The molecule has 82 valence electrons. The van der Waals surface area contributed by atoms with E-state index in [0.717, 1.165) is 11.8 Å². The fourth-order valence-electron chi connectivity index (χ4n) is 1.44. The maximum absolute atomic E-state index is 10.4. The van der Waals surface area contributed by atoms with E-state index in [2.05, 4.69) is 0 Å². The van der Waals surface area contributed by atoms with Crippen LogP contribution in [0.2, 0.25) is 0 Å². The number of aldehydes is 1. The number of carbonyl (C=O) groups is 1. The van der Waals surface area contributed by atoms with Crippen molar-refractivity contribution < 1.29 is 14.3 Å². The van der Waals surface area contributed by atoms with Crippen LogP contribution in [0.3, 0.4) is 0 Å². The highest BCUT2D eigenvalue weighted by Gasteiger charge is 2.09. The van der Waals surface area contributed by atoms with E-state index in [1.165, 1.54) is 0 Å². The van der Waals surface area contributed by atoms with Gasteiger partial charge in [-0.05, 0) is 23.6 Å². The molecule has 0 fully saturated rings. The second-order valence-corrected chi connectivity index (χ2v) is 3.42. The number of ether oxygens (including phenoxy) is 2. The number of benzene rings is 1. The van der Waals surface area contributed by atoms with Gasteiger partial charge in [-0.1, -0.05) is 13.0 Å². The van der Waals surface area contributed by atoms with Gasteiger partial charge in [0.1, 0.15) is 6.29 Å². The van der Waals surface area contributed by atoms with Crippen molar-refractivity contribution in [3.05, 3.63) is 23.8 Å². The Labute approximate surface area is 90.0 Å². The minimum absolute atomic E-state index is 0.210. The van der Waals surface area contributed by atoms with E-state index in [1.807, 2.05) is 25.1 Å². The van der Waals surface area contributed by atoms with Crippen LogP contribution in [0, 0.1) is 0 Å². The molecule has 3 heteroatoms. The van der Waals surface area contributed by atoms with Gasteiger partial charge in [-0.15, -0.1) is 0 Å². The summed E-state index contributed by atoms with van der Waals surface area (Å²) >= 11 is 0. The van der Waals surface area contributed by atoms with Gasteiger partial charge in [0.2, 0.25) is 0 Å². The van der Waals surface area contributed by atoms with Crippen molar-refractivity contribution in [1.29, 1.82) is 0 Å². The summed E-state index contributed by atoms with van der Waals surface area (Å²) in [5.74, 6) is 1.62. The second kappa shape index (κ2) is 5.39. The topological polar surface area (TPSA) is 35.5 Å². The molecule has 0 bridgehead atoms. The molecule has 15 heavy (non-hydrogen) atoms. The Hall–Kier alpha value is -1.51. The smallest absolute Gasteiger partial charge is 0.160 e. The van der Waals surface area contributed by atoms with E-state index in [9.17, 15) is 4.79 Å². The molecule has 0 aliphatic carbocycles. The van der Waals surface area contributed by atoms with Crippen molar-refractivity contribution in [3.63, 3.8) is 0 Å². The zero-order chi connectivity index (χ0) is 11.3. The third kappa shape index (κ3) is 2.72. The summed E-state index contributed by atoms with van der Waals surface area (Å²) in [6.45, 7) is 2.01. The molecule has 0 aromatic heterocycles. The molecular weight excluding hydrogens is 192 g/mol. The van der Waals surface area contributed by atoms with Gasteiger partial charge in [0.15, 0.2) is 11.5 Å². The standard InChI is InChI=1S/C12H16O3/c1-9(6-7-13)10-4-5-11(14-2)12(8-10)15-3/h4-5,7-9H,6H2,1-3H3.